The van der Waals surface area contributed by atoms with Gasteiger partial charge in [-0.2, -0.15) is 0 Å². The maximum atomic E-state index is 13.6. The lowest BCUT2D eigenvalue weighted by Gasteiger charge is -2.27. The summed E-state index contributed by atoms with van der Waals surface area (Å²) in [5, 5.41) is 3.38. The van der Waals surface area contributed by atoms with E-state index >= 15 is 0 Å². The third-order valence-corrected chi connectivity index (χ3v) is 6.04. The van der Waals surface area contributed by atoms with Gasteiger partial charge in [0.15, 0.2) is 0 Å². The van der Waals surface area contributed by atoms with E-state index in [0.29, 0.717) is 13.0 Å². The molecule has 1 aromatic carbocycles. The van der Waals surface area contributed by atoms with Crippen LogP contribution in [0.3, 0.4) is 0 Å². The Balaban J connectivity index is 1.65. The van der Waals surface area contributed by atoms with Crippen molar-refractivity contribution >= 4 is 12.1 Å². The Morgan fingerprint density at radius 3 is 2.79 bits per heavy atom. The van der Waals surface area contributed by atoms with Crippen LogP contribution in [0.1, 0.15) is 51.5 Å². The zero-order valence-electron chi connectivity index (χ0n) is 20.0. The molecule has 0 aliphatic carbocycles. The van der Waals surface area contributed by atoms with Crippen LogP contribution < -0.4 is 5.32 Å². The number of hydrogen-bond acceptors (Lipinski definition) is 4. The van der Waals surface area contributed by atoms with E-state index < -0.39 is 6.17 Å². The van der Waals surface area contributed by atoms with Crippen LogP contribution >= 0.6 is 0 Å². The van der Waals surface area contributed by atoms with Crippen molar-refractivity contribution < 1.29 is 9.18 Å². The molecule has 176 valence electrons. The molecule has 0 radical (unpaired) electrons. The molecule has 2 aromatic rings. The van der Waals surface area contributed by atoms with Gasteiger partial charge in [-0.3, -0.25) is 4.90 Å². The SMILES string of the molecule is CC/C=C(\C=C\CN1CCCC(F)C1)Nc1ccc(-c2cccc(C(C=O)C(C)C)c2)cn1. The van der Waals surface area contributed by atoms with E-state index in [1.807, 2.05) is 36.5 Å². The van der Waals surface area contributed by atoms with Gasteiger partial charge in [0.05, 0.1) is 0 Å². The van der Waals surface area contributed by atoms with Crippen LogP contribution in [0.5, 0.6) is 0 Å². The summed E-state index contributed by atoms with van der Waals surface area (Å²) in [6, 6.07) is 12.1. The Labute approximate surface area is 197 Å². The first-order chi connectivity index (χ1) is 16.0. The Hall–Kier alpha value is -2.79. The summed E-state index contributed by atoms with van der Waals surface area (Å²) < 4.78 is 13.6. The highest BCUT2D eigenvalue weighted by Crippen LogP contribution is 2.27. The number of hydrogen-bond donors (Lipinski definition) is 1. The Kier molecular flexibility index (Phi) is 9.37. The summed E-state index contributed by atoms with van der Waals surface area (Å²) in [5.41, 5.74) is 4.08. The number of alkyl halides is 1. The van der Waals surface area contributed by atoms with Crippen molar-refractivity contribution in [1.29, 1.82) is 0 Å². The molecule has 1 fully saturated rings. The molecule has 1 aliphatic rings. The molecule has 0 amide bonds. The maximum Gasteiger partial charge on any atom is 0.130 e. The zero-order valence-corrected chi connectivity index (χ0v) is 20.0. The second kappa shape index (κ2) is 12.4. The molecule has 1 saturated heterocycles. The lowest BCUT2D eigenvalue weighted by molar-refractivity contribution is -0.109. The lowest BCUT2D eigenvalue weighted by Crippen LogP contribution is -2.36. The highest BCUT2D eigenvalue weighted by molar-refractivity contribution is 5.69. The van der Waals surface area contributed by atoms with Gasteiger partial charge in [-0.05, 0) is 61.1 Å². The van der Waals surface area contributed by atoms with Gasteiger partial charge in [-0.15, -0.1) is 0 Å². The number of nitrogens with one attached hydrogen (secondary N) is 1. The van der Waals surface area contributed by atoms with Crippen LogP contribution in [-0.4, -0.2) is 42.0 Å². The summed E-state index contributed by atoms with van der Waals surface area (Å²) in [4.78, 5) is 18.3. The topological polar surface area (TPSA) is 45.2 Å². The molecule has 2 heterocycles. The van der Waals surface area contributed by atoms with E-state index in [0.717, 1.165) is 60.4 Å². The molecule has 0 saturated carbocycles. The van der Waals surface area contributed by atoms with Crippen molar-refractivity contribution in [2.24, 2.45) is 5.92 Å². The number of benzene rings is 1. The van der Waals surface area contributed by atoms with Crippen molar-refractivity contribution in [3.05, 3.63) is 72.1 Å². The molecule has 3 rings (SSSR count). The van der Waals surface area contributed by atoms with E-state index in [1.54, 1.807) is 0 Å². The first-order valence-corrected chi connectivity index (χ1v) is 12.0. The number of aldehydes is 1. The maximum absolute atomic E-state index is 13.6. The van der Waals surface area contributed by atoms with Crippen molar-refractivity contribution in [3.8, 4) is 11.1 Å². The summed E-state index contributed by atoms with van der Waals surface area (Å²) >= 11 is 0. The van der Waals surface area contributed by atoms with E-state index in [-0.39, 0.29) is 11.8 Å². The van der Waals surface area contributed by atoms with Crippen LogP contribution in [0, 0.1) is 5.92 Å². The fourth-order valence-corrected chi connectivity index (χ4v) is 4.21. The van der Waals surface area contributed by atoms with Crippen molar-refractivity contribution in [2.45, 2.75) is 52.1 Å². The van der Waals surface area contributed by atoms with Crippen molar-refractivity contribution in [1.82, 2.24) is 9.88 Å². The molecule has 1 aromatic heterocycles. The quantitative estimate of drug-likeness (QED) is 0.337. The third kappa shape index (κ3) is 7.36. The molecule has 0 spiro atoms. The van der Waals surface area contributed by atoms with Gasteiger partial charge in [0.1, 0.15) is 18.3 Å². The third-order valence-electron chi connectivity index (χ3n) is 6.04. The van der Waals surface area contributed by atoms with Gasteiger partial charge in [-0.1, -0.05) is 57.2 Å². The number of piperidine rings is 1. The van der Waals surface area contributed by atoms with E-state index in [2.05, 4.69) is 60.3 Å². The fourth-order valence-electron chi connectivity index (χ4n) is 4.21. The normalized spacial score (nSPS) is 18.6. The molecule has 0 bridgehead atoms. The number of allylic oxidation sites excluding steroid dienone is 2. The largest absolute Gasteiger partial charge is 0.341 e. The molecule has 33 heavy (non-hydrogen) atoms. The van der Waals surface area contributed by atoms with Gasteiger partial charge >= 0.3 is 0 Å². The van der Waals surface area contributed by atoms with Crippen molar-refractivity contribution in [3.63, 3.8) is 0 Å². The zero-order chi connectivity index (χ0) is 23.6. The highest BCUT2D eigenvalue weighted by Gasteiger charge is 2.17. The standard InChI is InChI=1S/C28H36FN3O/c1-4-8-26(12-7-16-32-15-6-11-25(29)19-32)31-28-14-13-24(18-30-28)22-9-5-10-23(17-22)27(20-33)21(2)3/h5,7-10,12-14,17-18,20-21,25,27H,4,6,11,15-16,19H2,1-3H3,(H,30,31)/b12-7+,26-8+. The molecular formula is C28H36FN3O. The van der Waals surface area contributed by atoms with Crippen LogP contribution in [0.25, 0.3) is 11.1 Å². The van der Waals surface area contributed by atoms with Gasteiger partial charge in [0.25, 0.3) is 0 Å². The summed E-state index contributed by atoms with van der Waals surface area (Å²) in [7, 11) is 0. The average Bonchev–Trinajstić information content (AvgIpc) is 2.80. The molecule has 5 heteroatoms. The predicted molar refractivity (Wildman–Crippen MR) is 135 cm³/mol. The number of carbonyl (C=O) groups excluding carboxylic acids is 1. The molecule has 4 nitrogen and oxygen atoms in total. The van der Waals surface area contributed by atoms with Gasteiger partial charge in [0.2, 0.25) is 0 Å². The van der Waals surface area contributed by atoms with Crippen LogP contribution in [0.15, 0.2) is 66.5 Å². The lowest BCUT2D eigenvalue weighted by atomic mass is 9.88. The van der Waals surface area contributed by atoms with Crippen LogP contribution in [0.2, 0.25) is 0 Å². The van der Waals surface area contributed by atoms with Crippen molar-refractivity contribution in [2.75, 3.05) is 25.0 Å². The summed E-state index contributed by atoms with van der Waals surface area (Å²) in [6.07, 6.45) is 11.0. The summed E-state index contributed by atoms with van der Waals surface area (Å²) in [5.74, 6) is 0.926. The number of nitrogens with zero attached hydrogens (tertiary/aromatic N) is 2. The molecule has 2 atom stereocenters. The number of pyridine rings is 1. The van der Waals surface area contributed by atoms with E-state index in [1.165, 1.54) is 0 Å². The minimum atomic E-state index is -0.700. The summed E-state index contributed by atoms with van der Waals surface area (Å²) in [6.45, 7) is 8.46. The molecule has 2 unspecified atom stereocenters. The van der Waals surface area contributed by atoms with Crippen LogP contribution in [-0.2, 0) is 4.79 Å². The number of halogens is 1. The molecule has 1 N–H and O–H groups in total. The number of likely N-dealkylation sites (tertiary alicyclic amines) is 1. The minimum absolute atomic E-state index is 0.104. The Bertz CT molecular complexity index is 952. The minimum Gasteiger partial charge on any atom is -0.341 e. The molecular weight excluding hydrogens is 413 g/mol. The van der Waals surface area contributed by atoms with E-state index in [4.69, 9.17) is 0 Å². The highest BCUT2D eigenvalue weighted by atomic mass is 19.1. The first-order valence-electron chi connectivity index (χ1n) is 12.0. The van der Waals surface area contributed by atoms with E-state index in [9.17, 15) is 9.18 Å². The smallest absolute Gasteiger partial charge is 0.130 e. The number of carbonyl (C=O) groups is 1. The first kappa shape index (κ1) is 24.8. The van der Waals surface area contributed by atoms with Gasteiger partial charge in [0, 0.05) is 36.5 Å². The van der Waals surface area contributed by atoms with Gasteiger partial charge < -0.3 is 10.1 Å². The van der Waals surface area contributed by atoms with Crippen LogP contribution in [0.4, 0.5) is 10.2 Å². The monoisotopic (exact) mass is 449 g/mol. The van der Waals surface area contributed by atoms with Gasteiger partial charge in [-0.25, -0.2) is 9.37 Å². The molecule has 1 aliphatic heterocycles. The fraction of sp³-hybridized carbons (Fsp3) is 0.429. The number of rotatable bonds is 10. The average molecular weight is 450 g/mol. The number of anilines is 1. The second-order valence-corrected chi connectivity index (χ2v) is 9.06. The Morgan fingerprint density at radius 1 is 1.27 bits per heavy atom. The predicted octanol–water partition coefficient (Wildman–Crippen LogP) is 6.38. The number of aromatic nitrogens is 1. The Morgan fingerprint density at radius 2 is 2.12 bits per heavy atom. The second-order valence-electron chi connectivity index (χ2n) is 9.06.